The minimum Gasteiger partial charge on any atom is -0.444 e. The Kier molecular flexibility index (Phi) is 5.82. The zero-order valence-corrected chi connectivity index (χ0v) is 13.9. The van der Waals surface area contributed by atoms with Crippen LogP contribution in [0, 0.1) is 5.92 Å². The summed E-state index contributed by atoms with van der Waals surface area (Å²) in [5.41, 5.74) is -0.589. The highest BCUT2D eigenvalue weighted by Gasteiger charge is 2.45. The van der Waals surface area contributed by atoms with Gasteiger partial charge in [-0.25, -0.2) is 13.6 Å². The Balaban J connectivity index is 2.61. The summed E-state index contributed by atoms with van der Waals surface area (Å²) in [5, 5.41) is 0. The number of ether oxygens (including phenoxy) is 1. The molecule has 1 amide bonds. The molecule has 0 aromatic rings. The van der Waals surface area contributed by atoms with Gasteiger partial charge in [0.25, 0.3) is 5.92 Å². The highest BCUT2D eigenvalue weighted by molar-refractivity contribution is 14.1. The number of hydrogen-bond donors (Lipinski definition) is 0. The first-order valence-corrected chi connectivity index (χ1v) is 8.10. The number of hydrogen-bond acceptors (Lipinski definition) is 2. The second-order valence-corrected chi connectivity index (χ2v) is 7.04. The second kappa shape index (κ2) is 6.54. The molecule has 1 saturated heterocycles. The topological polar surface area (TPSA) is 29.5 Å². The third-order valence-electron chi connectivity index (χ3n) is 3.09. The quantitative estimate of drug-likeness (QED) is 0.538. The number of carbonyl (C=O) groups excluding carboxylic acids is 1. The van der Waals surface area contributed by atoms with Crippen LogP contribution in [0.25, 0.3) is 0 Å². The molecule has 0 aliphatic carbocycles. The highest BCUT2D eigenvalue weighted by Crippen LogP contribution is 2.36. The molecule has 6 heteroatoms. The van der Waals surface area contributed by atoms with E-state index in [-0.39, 0.29) is 19.5 Å². The van der Waals surface area contributed by atoms with E-state index >= 15 is 0 Å². The Bertz CT molecular complexity index is 318. The smallest absolute Gasteiger partial charge is 0.410 e. The van der Waals surface area contributed by atoms with Gasteiger partial charge in [-0.15, -0.1) is 0 Å². The number of nitrogens with zero attached hydrogens (tertiary/aromatic N) is 1. The molecule has 0 spiro atoms. The van der Waals surface area contributed by atoms with Gasteiger partial charge in [-0.1, -0.05) is 22.6 Å². The molecule has 1 unspecified atom stereocenters. The lowest BCUT2D eigenvalue weighted by Gasteiger charge is -2.38. The van der Waals surface area contributed by atoms with Gasteiger partial charge in [0.15, 0.2) is 0 Å². The number of halogens is 3. The Morgan fingerprint density at radius 1 is 1.47 bits per heavy atom. The molecule has 1 atom stereocenters. The number of rotatable bonds is 3. The van der Waals surface area contributed by atoms with E-state index in [9.17, 15) is 13.6 Å². The highest BCUT2D eigenvalue weighted by atomic mass is 127. The van der Waals surface area contributed by atoms with E-state index in [2.05, 4.69) is 22.6 Å². The molecule has 19 heavy (non-hydrogen) atoms. The third-order valence-corrected chi connectivity index (χ3v) is 3.85. The van der Waals surface area contributed by atoms with E-state index in [1.807, 2.05) is 0 Å². The summed E-state index contributed by atoms with van der Waals surface area (Å²) in [6, 6.07) is 0. The van der Waals surface area contributed by atoms with Gasteiger partial charge in [-0.2, -0.15) is 0 Å². The third kappa shape index (κ3) is 5.39. The molecule has 1 rings (SSSR count). The Labute approximate surface area is 127 Å². The summed E-state index contributed by atoms with van der Waals surface area (Å²) in [6.07, 6.45) is 0.457. The van der Waals surface area contributed by atoms with Crippen molar-refractivity contribution in [2.75, 3.05) is 17.5 Å². The van der Waals surface area contributed by atoms with E-state index in [4.69, 9.17) is 4.74 Å². The van der Waals surface area contributed by atoms with Crippen LogP contribution in [0.5, 0.6) is 0 Å². The molecule has 0 aromatic carbocycles. The Morgan fingerprint density at radius 2 is 2.11 bits per heavy atom. The van der Waals surface area contributed by atoms with Crippen molar-refractivity contribution in [2.24, 2.45) is 5.92 Å². The average molecular weight is 389 g/mol. The fourth-order valence-electron chi connectivity index (χ4n) is 2.10. The van der Waals surface area contributed by atoms with Crippen LogP contribution in [0.4, 0.5) is 13.6 Å². The van der Waals surface area contributed by atoms with Gasteiger partial charge in [0.05, 0.1) is 0 Å². The number of alkyl halides is 3. The molecular weight excluding hydrogens is 367 g/mol. The molecule has 0 aromatic heterocycles. The molecule has 3 nitrogen and oxygen atoms in total. The molecule has 1 aliphatic rings. The molecule has 1 heterocycles. The fraction of sp³-hybridized carbons (Fsp3) is 0.923. The number of carbonyl (C=O) groups is 1. The predicted molar refractivity (Wildman–Crippen MR) is 79.0 cm³/mol. The SMILES string of the molecule is CC(C)(C)OC(=O)N1CCC(F)(F)C(CCCI)C1. The molecule has 0 bridgehead atoms. The van der Waals surface area contributed by atoms with Crippen molar-refractivity contribution in [1.82, 2.24) is 4.90 Å². The fourth-order valence-corrected chi connectivity index (χ4v) is 2.54. The lowest BCUT2D eigenvalue weighted by atomic mass is 9.90. The zero-order chi connectivity index (χ0) is 14.7. The van der Waals surface area contributed by atoms with Gasteiger partial charge in [-0.05, 0) is 38.0 Å². The zero-order valence-electron chi connectivity index (χ0n) is 11.7. The van der Waals surface area contributed by atoms with Gasteiger partial charge in [0.1, 0.15) is 5.60 Å². The standard InChI is InChI=1S/C13H22F2INO2/c1-12(2,3)19-11(18)17-8-6-13(14,15)10(9-17)5-4-7-16/h10H,4-9H2,1-3H3. The van der Waals surface area contributed by atoms with E-state index in [1.165, 1.54) is 4.90 Å². The normalized spacial score (nSPS) is 23.3. The van der Waals surface area contributed by atoms with Gasteiger partial charge in [-0.3, -0.25) is 0 Å². The number of piperidine rings is 1. The first kappa shape index (κ1) is 16.9. The second-order valence-electron chi connectivity index (χ2n) is 5.97. The molecule has 1 fully saturated rings. The van der Waals surface area contributed by atoms with Crippen molar-refractivity contribution in [3.8, 4) is 0 Å². The van der Waals surface area contributed by atoms with E-state index in [0.717, 1.165) is 10.8 Å². The maximum absolute atomic E-state index is 13.8. The van der Waals surface area contributed by atoms with Crippen LogP contribution < -0.4 is 0 Å². The van der Waals surface area contributed by atoms with Crippen LogP contribution in [-0.2, 0) is 4.74 Å². The van der Waals surface area contributed by atoms with Crippen LogP contribution in [0.15, 0.2) is 0 Å². The van der Waals surface area contributed by atoms with Crippen LogP contribution in [0.3, 0.4) is 0 Å². The predicted octanol–water partition coefficient (Wildman–Crippen LogP) is 4.09. The summed E-state index contributed by atoms with van der Waals surface area (Å²) in [7, 11) is 0. The van der Waals surface area contributed by atoms with Gasteiger partial charge >= 0.3 is 6.09 Å². The van der Waals surface area contributed by atoms with Crippen molar-refractivity contribution in [3.05, 3.63) is 0 Å². The average Bonchev–Trinajstić information content (AvgIpc) is 2.24. The number of likely N-dealkylation sites (tertiary alicyclic amines) is 1. The molecule has 1 aliphatic heterocycles. The lowest BCUT2D eigenvalue weighted by molar-refractivity contribution is -0.107. The summed E-state index contributed by atoms with van der Waals surface area (Å²) in [4.78, 5) is 13.3. The largest absolute Gasteiger partial charge is 0.444 e. The molecule has 0 N–H and O–H groups in total. The van der Waals surface area contributed by atoms with E-state index in [1.54, 1.807) is 20.8 Å². The summed E-state index contributed by atoms with van der Waals surface area (Å²) in [6.45, 7) is 5.49. The van der Waals surface area contributed by atoms with Gasteiger partial charge in [0, 0.05) is 25.4 Å². The minimum atomic E-state index is -2.66. The maximum atomic E-state index is 13.8. The monoisotopic (exact) mass is 389 g/mol. The summed E-state index contributed by atoms with van der Waals surface area (Å²) < 4.78 is 33.7. The molecule has 0 radical (unpaired) electrons. The van der Waals surface area contributed by atoms with Crippen molar-refractivity contribution in [3.63, 3.8) is 0 Å². The minimum absolute atomic E-state index is 0.0721. The molecular formula is C13H22F2INO2. The Hall–Kier alpha value is -0.140. The molecule has 0 saturated carbocycles. The Morgan fingerprint density at radius 3 is 2.63 bits per heavy atom. The van der Waals surface area contributed by atoms with Crippen molar-refractivity contribution in [1.29, 1.82) is 0 Å². The van der Waals surface area contributed by atoms with Crippen molar-refractivity contribution in [2.45, 2.75) is 51.6 Å². The van der Waals surface area contributed by atoms with Gasteiger partial charge < -0.3 is 9.64 Å². The lowest BCUT2D eigenvalue weighted by Crippen LogP contribution is -2.50. The van der Waals surface area contributed by atoms with Crippen LogP contribution in [0.1, 0.15) is 40.0 Å². The van der Waals surface area contributed by atoms with Crippen LogP contribution in [0.2, 0.25) is 0 Å². The molecule has 112 valence electrons. The van der Waals surface area contributed by atoms with Crippen molar-refractivity contribution < 1.29 is 18.3 Å². The number of amides is 1. The first-order valence-electron chi connectivity index (χ1n) is 6.57. The van der Waals surface area contributed by atoms with Crippen molar-refractivity contribution >= 4 is 28.7 Å². The van der Waals surface area contributed by atoms with Crippen LogP contribution in [-0.4, -0.2) is 40.0 Å². The van der Waals surface area contributed by atoms with E-state index in [0.29, 0.717) is 6.42 Å². The summed E-state index contributed by atoms with van der Waals surface area (Å²) in [5.74, 6) is -3.41. The van der Waals surface area contributed by atoms with Crippen LogP contribution >= 0.6 is 22.6 Å². The summed E-state index contributed by atoms with van der Waals surface area (Å²) >= 11 is 2.18. The van der Waals surface area contributed by atoms with Gasteiger partial charge in [0.2, 0.25) is 0 Å². The first-order chi connectivity index (χ1) is 8.65. The van der Waals surface area contributed by atoms with E-state index < -0.39 is 23.5 Å². The maximum Gasteiger partial charge on any atom is 0.410 e.